The summed E-state index contributed by atoms with van der Waals surface area (Å²) in [4.78, 5) is 0. The van der Waals surface area contributed by atoms with E-state index in [0.717, 1.165) is 22.8 Å². The van der Waals surface area contributed by atoms with E-state index in [2.05, 4.69) is 10.2 Å². The number of ether oxygens (including phenoxy) is 1. The molecule has 4 aromatic carbocycles. The van der Waals surface area contributed by atoms with Gasteiger partial charge in [-0.2, -0.15) is 28.6 Å². The third-order valence-electron chi connectivity index (χ3n) is 7.87. The maximum absolute atomic E-state index is 14.4. The Kier molecular flexibility index (Phi) is 8.15. The average Bonchev–Trinajstić information content (AvgIpc) is 3.62. The van der Waals surface area contributed by atoms with E-state index >= 15 is 0 Å². The largest absolute Gasteiger partial charge is 0.483 e. The standard InChI is InChI=1S/C36H27ClF3N5O/c1-24-34(25(2)44(42-24)30-19-18-26(22-41)32(37)20-30)46-23-31-21-33(36(38,39)40)43-45(31)35(27-12-6-3-7-13-27,28-14-8-4-9-15-28)29-16-10-5-11-17-29/h3-21H,23H2,1-2H3. The monoisotopic (exact) mass is 637 g/mol. The predicted molar refractivity (Wildman–Crippen MR) is 169 cm³/mol. The minimum atomic E-state index is -4.71. The van der Waals surface area contributed by atoms with Crippen LogP contribution in [0.4, 0.5) is 13.2 Å². The third-order valence-corrected chi connectivity index (χ3v) is 8.19. The van der Waals surface area contributed by atoms with E-state index < -0.39 is 17.4 Å². The Morgan fingerprint density at radius 3 is 1.80 bits per heavy atom. The quantitative estimate of drug-likeness (QED) is 0.157. The van der Waals surface area contributed by atoms with E-state index in [-0.39, 0.29) is 17.3 Å². The molecule has 6 rings (SSSR count). The fraction of sp³-hybridized carbons (Fsp3) is 0.139. The van der Waals surface area contributed by atoms with Crippen LogP contribution in [0.3, 0.4) is 0 Å². The zero-order valence-corrected chi connectivity index (χ0v) is 25.6. The molecule has 0 aliphatic carbocycles. The smallest absolute Gasteiger partial charge is 0.435 e. The molecule has 230 valence electrons. The fourth-order valence-corrected chi connectivity index (χ4v) is 6.03. The van der Waals surface area contributed by atoms with E-state index in [1.165, 1.54) is 4.68 Å². The summed E-state index contributed by atoms with van der Waals surface area (Å²) in [5, 5.41) is 18.4. The minimum Gasteiger partial charge on any atom is -0.483 e. The van der Waals surface area contributed by atoms with Gasteiger partial charge in [0.25, 0.3) is 0 Å². The van der Waals surface area contributed by atoms with Crippen molar-refractivity contribution in [1.82, 2.24) is 19.6 Å². The number of halogens is 4. The van der Waals surface area contributed by atoms with Gasteiger partial charge < -0.3 is 4.74 Å². The third kappa shape index (κ3) is 5.41. The molecule has 0 fully saturated rings. The summed E-state index contributed by atoms with van der Waals surface area (Å²) in [7, 11) is 0. The lowest BCUT2D eigenvalue weighted by molar-refractivity contribution is -0.141. The van der Waals surface area contributed by atoms with Gasteiger partial charge in [0.1, 0.15) is 23.9 Å². The number of aromatic nitrogens is 4. The SMILES string of the molecule is Cc1nn(-c2ccc(C#N)c(Cl)c2)c(C)c1OCc1cc(C(F)(F)F)nn1C(c1ccccc1)(c1ccccc1)c1ccccc1. The van der Waals surface area contributed by atoms with Crippen molar-refractivity contribution in [2.75, 3.05) is 0 Å². The molecule has 0 atom stereocenters. The maximum Gasteiger partial charge on any atom is 0.435 e. The van der Waals surface area contributed by atoms with Crippen molar-refractivity contribution in [3.63, 3.8) is 0 Å². The second-order valence-corrected chi connectivity index (χ2v) is 11.1. The molecule has 0 saturated carbocycles. The number of nitrogens with zero attached hydrogens (tertiary/aromatic N) is 5. The van der Waals surface area contributed by atoms with E-state index in [1.807, 2.05) is 97.1 Å². The molecule has 0 bridgehead atoms. The highest BCUT2D eigenvalue weighted by molar-refractivity contribution is 6.31. The zero-order valence-electron chi connectivity index (χ0n) is 24.8. The maximum atomic E-state index is 14.4. The van der Waals surface area contributed by atoms with Gasteiger partial charge in [0.05, 0.1) is 27.7 Å². The molecular weight excluding hydrogens is 611 g/mol. The average molecular weight is 638 g/mol. The Hall–Kier alpha value is -5.33. The van der Waals surface area contributed by atoms with Crippen molar-refractivity contribution < 1.29 is 17.9 Å². The summed E-state index contributed by atoms with van der Waals surface area (Å²) in [5.41, 5.74) is 2.15. The lowest BCUT2D eigenvalue weighted by Gasteiger charge is -2.37. The molecule has 2 aromatic heterocycles. The fourth-order valence-electron chi connectivity index (χ4n) is 5.82. The van der Waals surface area contributed by atoms with Gasteiger partial charge in [-0.1, -0.05) is 103 Å². The highest BCUT2D eigenvalue weighted by Gasteiger charge is 2.44. The normalized spacial score (nSPS) is 11.8. The molecule has 0 spiro atoms. The molecule has 0 aliphatic rings. The van der Waals surface area contributed by atoms with Gasteiger partial charge in [-0.15, -0.1) is 0 Å². The van der Waals surface area contributed by atoms with Crippen LogP contribution in [0.1, 0.15) is 45.0 Å². The van der Waals surface area contributed by atoms with E-state index in [0.29, 0.717) is 28.4 Å². The van der Waals surface area contributed by atoms with Crippen LogP contribution < -0.4 is 4.74 Å². The first kappa shape index (κ1) is 30.7. The van der Waals surface area contributed by atoms with E-state index in [1.54, 1.807) is 36.7 Å². The van der Waals surface area contributed by atoms with Crippen LogP contribution in [0.5, 0.6) is 5.75 Å². The van der Waals surface area contributed by atoms with Gasteiger partial charge >= 0.3 is 6.18 Å². The molecule has 6 aromatic rings. The van der Waals surface area contributed by atoms with Crippen LogP contribution in [0, 0.1) is 25.2 Å². The second kappa shape index (κ2) is 12.2. The number of hydrogen-bond acceptors (Lipinski definition) is 4. The Morgan fingerprint density at radius 2 is 1.33 bits per heavy atom. The molecule has 0 saturated heterocycles. The second-order valence-electron chi connectivity index (χ2n) is 10.7. The molecule has 10 heteroatoms. The summed E-state index contributed by atoms with van der Waals surface area (Å²) in [6, 6.07) is 36.1. The first-order valence-corrected chi connectivity index (χ1v) is 14.7. The molecule has 2 heterocycles. The summed E-state index contributed by atoms with van der Waals surface area (Å²) < 4.78 is 52.5. The van der Waals surface area contributed by atoms with Crippen molar-refractivity contribution in [3.8, 4) is 17.5 Å². The Morgan fingerprint density at radius 1 is 0.783 bits per heavy atom. The molecule has 46 heavy (non-hydrogen) atoms. The van der Waals surface area contributed by atoms with E-state index in [4.69, 9.17) is 16.3 Å². The van der Waals surface area contributed by atoms with Crippen LogP contribution in [0.25, 0.3) is 5.69 Å². The molecule has 0 amide bonds. The summed E-state index contributed by atoms with van der Waals surface area (Å²) in [6.07, 6.45) is -4.71. The number of alkyl halides is 3. The molecule has 6 nitrogen and oxygen atoms in total. The number of nitriles is 1. The molecule has 0 radical (unpaired) electrons. The highest BCUT2D eigenvalue weighted by atomic mass is 35.5. The number of hydrogen-bond donors (Lipinski definition) is 0. The van der Waals surface area contributed by atoms with Gasteiger partial charge in [0, 0.05) is 0 Å². The predicted octanol–water partition coefficient (Wildman–Crippen LogP) is 8.65. The van der Waals surface area contributed by atoms with Gasteiger partial charge in [0.15, 0.2) is 11.4 Å². The first-order chi connectivity index (χ1) is 22.1. The molecule has 0 aliphatic heterocycles. The Balaban J connectivity index is 1.52. The van der Waals surface area contributed by atoms with Crippen molar-refractivity contribution in [2.45, 2.75) is 32.2 Å². The van der Waals surface area contributed by atoms with Crippen molar-refractivity contribution >= 4 is 11.6 Å². The van der Waals surface area contributed by atoms with Crippen LogP contribution >= 0.6 is 11.6 Å². The Labute approximate surface area is 268 Å². The lowest BCUT2D eigenvalue weighted by Crippen LogP contribution is -2.40. The van der Waals surface area contributed by atoms with Crippen molar-refractivity contribution in [2.24, 2.45) is 0 Å². The molecule has 0 unspecified atom stereocenters. The van der Waals surface area contributed by atoms with Crippen molar-refractivity contribution in [3.05, 3.63) is 165 Å². The topological polar surface area (TPSA) is 68.7 Å². The van der Waals surface area contributed by atoms with E-state index in [9.17, 15) is 18.4 Å². The van der Waals surface area contributed by atoms with Crippen LogP contribution in [-0.2, 0) is 18.3 Å². The van der Waals surface area contributed by atoms with Gasteiger partial charge in [-0.05, 0) is 54.8 Å². The zero-order chi connectivity index (χ0) is 32.5. The van der Waals surface area contributed by atoms with Gasteiger partial charge in [-0.3, -0.25) is 0 Å². The van der Waals surface area contributed by atoms with Gasteiger partial charge in [-0.25, -0.2) is 9.36 Å². The van der Waals surface area contributed by atoms with Crippen LogP contribution in [0.15, 0.2) is 115 Å². The summed E-state index contributed by atoms with van der Waals surface area (Å²) in [5.74, 6) is 0.409. The first-order valence-electron chi connectivity index (χ1n) is 14.4. The highest BCUT2D eigenvalue weighted by Crippen LogP contribution is 2.43. The number of rotatable bonds is 8. The summed E-state index contributed by atoms with van der Waals surface area (Å²) in [6.45, 7) is 3.31. The molecule has 0 N–H and O–H groups in total. The summed E-state index contributed by atoms with van der Waals surface area (Å²) >= 11 is 6.27. The number of aryl methyl sites for hydroxylation is 1. The lowest BCUT2D eigenvalue weighted by atomic mass is 9.77. The Bertz CT molecular complexity index is 1940. The number of benzene rings is 4. The minimum absolute atomic E-state index is 0.205. The molecular formula is C36H27ClF3N5O. The van der Waals surface area contributed by atoms with Crippen molar-refractivity contribution in [1.29, 1.82) is 5.26 Å². The van der Waals surface area contributed by atoms with Gasteiger partial charge in [0.2, 0.25) is 0 Å². The van der Waals surface area contributed by atoms with Crippen LogP contribution in [0.2, 0.25) is 5.02 Å². The van der Waals surface area contributed by atoms with Crippen LogP contribution in [-0.4, -0.2) is 19.6 Å².